The molecule has 0 saturated heterocycles. The highest BCUT2D eigenvalue weighted by Crippen LogP contribution is 2.24. The number of nitrogen functional groups attached to an aromatic ring is 1. The van der Waals surface area contributed by atoms with E-state index in [2.05, 4.69) is 22.3 Å². The van der Waals surface area contributed by atoms with Crippen LogP contribution in [0, 0.1) is 0 Å². The monoisotopic (exact) mass is 277 g/mol. The molecule has 0 aliphatic carbocycles. The van der Waals surface area contributed by atoms with Crippen LogP contribution in [0.3, 0.4) is 0 Å². The minimum Gasteiger partial charge on any atom is -0.352 e. The Bertz CT molecular complexity index is 543. The first-order valence-electron chi connectivity index (χ1n) is 5.89. The van der Waals surface area contributed by atoms with E-state index in [1.807, 2.05) is 36.2 Å². The third-order valence-corrected chi connectivity index (χ3v) is 3.32. The summed E-state index contributed by atoms with van der Waals surface area (Å²) in [5.74, 6) is 6.62. The van der Waals surface area contributed by atoms with Crippen molar-refractivity contribution in [1.82, 2.24) is 9.97 Å². The maximum absolute atomic E-state index is 5.89. The Morgan fingerprint density at radius 1 is 1.26 bits per heavy atom. The molecule has 1 unspecified atom stereocenters. The van der Waals surface area contributed by atoms with Crippen LogP contribution in [0.15, 0.2) is 36.7 Å². The molecular formula is C13H16ClN5. The Morgan fingerprint density at radius 2 is 1.95 bits per heavy atom. The van der Waals surface area contributed by atoms with Gasteiger partial charge in [0.1, 0.15) is 5.82 Å². The number of rotatable bonds is 4. The van der Waals surface area contributed by atoms with E-state index >= 15 is 0 Å². The standard InChI is InChI=1S/C13H16ClN5/c1-9(10-3-5-11(14)6-4-10)19(2)13-8-16-7-12(17-13)18-15/h3-9H,15H2,1-2H3,(H,17,18). The lowest BCUT2D eigenvalue weighted by Crippen LogP contribution is -2.23. The molecule has 0 aliphatic rings. The van der Waals surface area contributed by atoms with E-state index in [9.17, 15) is 0 Å². The van der Waals surface area contributed by atoms with Crippen molar-refractivity contribution in [3.05, 3.63) is 47.2 Å². The highest BCUT2D eigenvalue weighted by Gasteiger charge is 2.14. The van der Waals surface area contributed by atoms with E-state index in [1.54, 1.807) is 12.4 Å². The lowest BCUT2D eigenvalue weighted by atomic mass is 10.1. The maximum Gasteiger partial charge on any atom is 0.160 e. The van der Waals surface area contributed by atoms with Crippen molar-refractivity contribution in [3.8, 4) is 0 Å². The van der Waals surface area contributed by atoms with Gasteiger partial charge in [0.05, 0.1) is 18.4 Å². The molecule has 100 valence electrons. The number of benzene rings is 1. The molecule has 3 N–H and O–H groups in total. The zero-order chi connectivity index (χ0) is 13.8. The molecule has 19 heavy (non-hydrogen) atoms. The highest BCUT2D eigenvalue weighted by atomic mass is 35.5. The summed E-state index contributed by atoms with van der Waals surface area (Å²) >= 11 is 5.89. The first-order chi connectivity index (χ1) is 9.11. The smallest absolute Gasteiger partial charge is 0.160 e. The molecule has 1 heterocycles. The molecule has 5 nitrogen and oxygen atoms in total. The summed E-state index contributed by atoms with van der Waals surface area (Å²) in [6.45, 7) is 2.09. The summed E-state index contributed by atoms with van der Waals surface area (Å²) in [4.78, 5) is 10.5. The molecule has 2 rings (SSSR count). The fourth-order valence-corrected chi connectivity index (χ4v) is 1.88. The van der Waals surface area contributed by atoms with E-state index in [1.165, 1.54) is 0 Å². The molecule has 1 aromatic carbocycles. The van der Waals surface area contributed by atoms with Crippen molar-refractivity contribution < 1.29 is 0 Å². The lowest BCUT2D eigenvalue weighted by Gasteiger charge is -2.26. The number of nitrogens with zero attached hydrogens (tertiary/aromatic N) is 3. The van der Waals surface area contributed by atoms with Gasteiger partial charge in [-0.3, -0.25) is 4.98 Å². The molecule has 0 radical (unpaired) electrons. The van der Waals surface area contributed by atoms with Gasteiger partial charge in [0.2, 0.25) is 0 Å². The minimum absolute atomic E-state index is 0.152. The predicted molar refractivity (Wildman–Crippen MR) is 78.1 cm³/mol. The Kier molecular flexibility index (Phi) is 4.19. The SMILES string of the molecule is CC(c1ccc(Cl)cc1)N(C)c1cncc(NN)n1. The van der Waals surface area contributed by atoms with Gasteiger partial charge in [-0.1, -0.05) is 23.7 Å². The van der Waals surface area contributed by atoms with Crippen LogP contribution in [0.5, 0.6) is 0 Å². The second-order valence-corrected chi connectivity index (χ2v) is 4.68. The molecule has 6 heteroatoms. The van der Waals surface area contributed by atoms with Gasteiger partial charge in [0.15, 0.2) is 5.82 Å². The molecule has 2 aromatic rings. The number of anilines is 2. The van der Waals surface area contributed by atoms with Crippen molar-refractivity contribution in [2.75, 3.05) is 17.4 Å². The van der Waals surface area contributed by atoms with Crippen LogP contribution >= 0.6 is 11.6 Å². The molecule has 0 fully saturated rings. The van der Waals surface area contributed by atoms with Crippen molar-refractivity contribution in [2.24, 2.45) is 5.84 Å². The largest absolute Gasteiger partial charge is 0.352 e. The van der Waals surface area contributed by atoms with Gasteiger partial charge in [0, 0.05) is 12.1 Å². The van der Waals surface area contributed by atoms with Crippen LogP contribution in [-0.2, 0) is 0 Å². The quantitative estimate of drug-likeness (QED) is 0.664. The molecule has 1 atom stereocenters. The molecule has 0 bridgehead atoms. The van der Waals surface area contributed by atoms with Gasteiger partial charge in [-0.05, 0) is 24.6 Å². The summed E-state index contributed by atoms with van der Waals surface area (Å²) < 4.78 is 0. The normalized spacial score (nSPS) is 12.0. The third kappa shape index (κ3) is 3.13. The molecule has 1 aromatic heterocycles. The van der Waals surface area contributed by atoms with Crippen LogP contribution in [0.2, 0.25) is 5.02 Å². The molecule has 0 aliphatic heterocycles. The fourth-order valence-electron chi connectivity index (χ4n) is 1.76. The van der Waals surface area contributed by atoms with E-state index in [0.29, 0.717) is 5.82 Å². The van der Waals surface area contributed by atoms with Crippen LogP contribution < -0.4 is 16.2 Å². The number of halogens is 1. The minimum atomic E-state index is 0.152. The van der Waals surface area contributed by atoms with Gasteiger partial charge in [-0.15, -0.1) is 0 Å². The topological polar surface area (TPSA) is 67.1 Å². The molecule has 0 amide bonds. The summed E-state index contributed by atoms with van der Waals surface area (Å²) in [6, 6.07) is 7.92. The summed E-state index contributed by atoms with van der Waals surface area (Å²) in [7, 11) is 1.96. The van der Waals surface area contributed by atoms with Gasteiger partial charge in [-0.25, -0.2) is 10.8 Å². The number of hydrogen-bond donors (Lipinski definition) is 2. The Hall–Kier alpha value is -1.85. The first kappa shape index (κ1) is 13.6. The van der Waals surface area contributed by atoms with E-state index in [4.69, 9.17) is 17.4 Å². The highest BCUT2D eigenvalue weighted by molar-refractivity contribution is 6.30. The second kappa shape index (κ2) is 5.86. The first-order valence-corrected chi connectivity index (χ1v) is 6.26. The van der Waals surface area contributed by atoms with Crippen LogP contribution in [0.1, 0.15) is 18.5 Å². The van der Waals surface area contributed by atoms with Crippen molar-refractivity contribution in [2.45, 2.75) is 13.0 Å². The number of nitrogens with one attached hydrogen (secondary N) is 1. The Balaban J connectivity index is 2.22. The zero-order valence-corrected chi connectivity index (χ0v) is 11.6. The molecule has 0 saturated carbocycles. The van der Waals surface area contributed by atoms with Gasteiger partial charge in [-0.2, -0.15) is 0 Å². The Labute approximate surface area is 117 Å². The van der Waals surface area contributed by atoms with Gasteiger partial charge in [0.25, 0.3) is 0 Å². The number of aromatic nitrogens is 2. The van der Waals surface area contributed by atoms with E-state index < -0.39 is 0 Å². The summed E-state index contributed by atoms with van der Waals surface area (Å²) in [5, 5.41) is 0.729. The van der Waals surface area contributed by atoms with E-state index in [-0.39, 0.29) is 6.04 Å². The van der Waals surface area contributed by atoms with Crippen molar-refractivity contribution in [1.29, 1.82) is 0 Å². The van der Waals surface area contributed by atoms with Crippen molar-refractivity contribution in [3.63, 3.8) is 0 Å². The van der Waals surface area contributed by atoms with Crippen LogP contribution in [0.4, 0.5) is 11.6 Å². The Morgan fingerprint density at radius 3 is 2.58 bits per heavy atom. The number of hydrogen-bond acceptors (Lipinski definition) is 5. The molecule has 0 spiro atoms. The summed E-state index contributed by atoms with van der Waals surface area (Å²) in [6.07, 6.45) is 3.28. The van der Waals surface area contributed by atoms with Crippen LogP contribution in [0.25, 0.3) is 0 Å². The fraction of sp³-hybridized carbons (Fsp3) is 0.231. The predicted octanol–water partition coefficient (Wildman–Crippen LogP) is 2.61. The van der Waals surface area contributed by atoms with Gasteiger partial charge < -0.3 is 10.3 Å². The lowest BCUT2D eigenvalue weighted by molar-refractivity contribution is 0.727. The average molecular weight is 278 g/mol. The maximum atomic E-state index is 5.89. The van der Waals surface area contributed by atoms with E-state index in [0.717, 1.165) is 16.4 Å². The third-order valence-electron chi connectivity index (χ3n) is 3.06. The number of hydrazine groups is 1. The molecular weight excluding hydrogens is 262 g/mol. The van der Waals surface area contributed by atoms with Gasteiger partial charge >= 0.3 is 0 Å². The zero-order valence-electron chi connectivity index (χ0n) is 10.8. The van der Waals surface area contributed by atoms with Crippen molar-refractivity contribution >= 4 is 23.2 Å². The summed E-state index contributed by atoms with van der Waals surface area (Å²) in [5.41, 5.74) is 3.64. The van der Waals surface area contributed by atoms with Crippen LogP contribution in [-0.4, -0.2) is 17.0 Å². The average Bonchev–Trinajstić information content (AvgIpc) is 2.46. The second-order valence-electron chi connectivity index (χ2n) is 4.25. The number of nitrogens with two attached hydrogens (primary N) is 1.